The van der Waals surface area contributed by atoms with Crippen LogP contribution in [0.5, 0.6) is 0 Å². The molecule has 1 unspecified atom stereocenters. The van der Waals surface area contributed by atoms with Gasteiger partial charge in [-0.15, -0.1) is 0 Å². The molecule has 0 fully saturated rings. The van der Waals surface area contributed by atoms with Crippen molar-refractivity contribution in [3.8, 4) is 0 Å². The average molecular weight is 303 g/mol. The summed E-state index contributed by atoms with van der Waals surface area (Å²) in [4.78, 5) is 11.0. The molecule has 1 aromatic rings. The second kappa shape index (κ2) is 7.39. The van der Waals surface area contributed by atoms with Gasteiger partial charge in [-0.05, 0) is 12.8 Å². The van der Waals surface area contributed by atoms with Gasteiger partial charge in [-0.25, -0.2) is 17.9 Å². The van der Waals surface area contributed by atoms with Gasteiger partial charge in [0.05, 0.1) is 6.20 Å². The van der Waals surface area contributed by atoms with E-state index in [0.717, 1.165) is 38.3 Å². The number of H-pyrrole nitrogens is 1. The van der Waals surface area contributed by atoms with E-state index in [1.54, 1.807) is 0 Å². The van der Waals surface area contributed by atoms with E-state index in [4.69, 9.17) is 5.11 Å². The Morgan fingerprint density at radius 2 is 2.10 bits per heavy atom. The minimum Gasteiger partial charge on any atom is -0.478 e. The smallest absolute Gasteiger partial charge is 0.340 e. The number of hydrogen-bond donors (Lipinski definition) is 3. The van der Waals surface area contributed by atoms with Crippen molar-refractivity contribution < 1.29 is 18.3 Å². The maximum absolute atomic E-state index is 12.2. The third-order valence-electron chi connectivity index (χ3n) is 2.97. The molecule has 3 N–H and O–H groups in total. The van der Waals surface area contributed by atoms with Crippen LogP contribution in [0.3, 0.4) is 0 Å². The zero-order valence-electron chi connectivity index (χ0n) is 11.7. The predicted octanol–water partition coefficient (Wildman–Crippen LogP) is 1.75. The molecule has 1 aromatic heterocycles. The number of aromatic carboxylic acids is 1. The number of carboxylic acids is 1. The first-order valence-corrected chi connectivity index (χ1v) is 8.19. The monoisotopic (exact) mass is 303 g/mol. The molecule has 0 aliphatic rings. The maximum Gasteiger partial charge on any atom is 0.340 e. The molecule has 0 aromatic carbocycles. The van der Waals surface area contributed by atoms with Crippen molar-refractivity contribution in [2.75, 3.05) is 0 Å². The lowest BCUT2D eigenvalue weighted by Crippen LogP contribution is -2.35. The van der Waals surface area contributed by atoms with Crippen LogP contribution in [0.2, 0.25) is 0 Å². The molecule has 0 spiro atoms. The lowest BCUT2D eigenvalue weighted by atomic mass is 10.1. The highest BCUT2D eigenvalue weighted by Gasteiger charge is 2.26. The van der Waals surface area contributed by atoms with E-state index in [-0.39, 0.29) is 16.6 Å². The zero-order valence-corrected chi connectivity index (χ0v) is 12.5. The van der Waals surface area contributed by atoms with Crippen molar-refractivity contribution >= 4 is 16.0 Å². The summed E-state index contributed by atoms with van der Waals surface area (Å²) < 4.78 is 27.0. The first-order chi connectivity index (χ1) is 9.42. The summed E-state index contributed by atoms with van der Waals surface area (Å²) in [5.74, 6) is -1.32. The number of carbonyl (C=O) groups is 1. The van der Waals surface area contributed by atoms with Gasteiger partial charge in [0, 0.05) is 6.04 Å². The Bertz CT molecular complexity index is 539. The Kier molecular flexibility index (Phi) is 6.15. The minimum atomic E-state index is -3.89. The van der Waals surface area contributed by atoms with Gasteiger partial charge in [-0.3, -0.25) is 5.10 Å². The third kappa shape index (κ3) is 4.31. The molecule has 0 amide bonds. The van der Waals surface area contributed by atoms with Gasteiger partial charge in [0.25, 0.3) is 10.0 Å². The average Bonchev–Trinajstić information content (AvgIpc) is 2.86. The minimum absolute atomic E-state index is 0.185. The molecule has 7 nitrogen and oxygen atoms in total. The number of hydrogen-bond acceptors (Lipinski definition) is 4. The summed E-state index contributed by atoms with van der Waals surface area (Å²) in [5.41, 5.74) is -0.344. The molecule has 0 saturated heterocycles. The van der Waals surface area contributed by atoms with E-state index in [0.29, 0.717) is 0 Å². The summed E-state index contributed by atoms with van der Waals surface area (Å²) in [7, 11) is -3.89. The van der Waals surface area contributed by atoms with Crippen molar-refractivity contribution in [2.45, 2.75) is 57.0 Å². The predicted molar refractivity (Wildman–Crippen MR) is 74.1 cm³/mol. The lowest BCUT2D eigenvalue weighted by molar-refractivity contribution is 0.0692. The van der Waals surface area contributed by atoms with E-state index in [1.807, 2.05) is 13.8 Å². The molecule has 114 valence electrons. The van der Waals surface area contributed by atoms with Gasteiger partial charge in [0.2, 0.25) is 0 Å². The van der Waals surface area contributed by atoms with Crippen LogP contribution in [-0.4, -0.2) is 35.7 Å². The molecule has 8 heteroatoms. The fraction of sp³-hybridized carbons (Fsp3) is 0.667. The number of rotatable bonds is 9. The second-order valence-corrected chi connectivity index (χ2v) is 6.32. The van der Waals surface area contributed by atoms with Crippen molar-refractivity contribution in [3.63, 3.8) is 0 Å². The highest BCUT2D eigenvalue weighted by Crippen LogP contribution is 2.15. The van der Waals surface area contributed by atoms with Crippen LogP contribution in [0.1, 0.15) is 56.3 Å². The van der Waals surface area contributed by atoms with E-state index in [1.165, 1.54) is 0 Å². The fourth-order valence-electron chi connectivity index (χ4n) is 1.97. The molecular formula is C12H21N3O4S. The van der Waals surface area contributed by atoms with E-state index in [9.17, 15) is 13.2 Å². The Labute approximate surface area is 118 Å². The molecule has 0 aliphatic heterocycles. The first-order valence-electron chi connectivity index (χ1n) is 6.71. The molecular weight excluding hydrogens is 282 g/mol. The number of sulfonamides is 1. The molecule has 20 heavy (non-hydrogen) atoms. The second-order valence-electron chi connectivity index (χ2n) is 4.67. The Hall–Kier alpha value is -1.41. The van der Waals surface area contributed by atoms with Crippen molar-refractivity contribution in [2.24, 2.45) is 0 Å². The normalized spacial score (nSPS) is 13.3. The number of aromatic amines is 1. The van der Waals surface area contributed by atoms with E-state index in [2.05, 4.69) is 14.9 Å². The zero-order chi connectivity index (χ0) is 15.2. The molecule has 1 atom stereocenters. The maximum atomic E-state index is 12.2. The van der Waals surface area contributed by atoms with E-state index < -0.39 is 16.0 Å². The molecule has 1 rings (SSSR count). The number of nitrogens with one attached hydrogen (secondary N) is 2. The molecule has 0 radical (unpaired) electrons. The van der Waals surface area contributed by atoms with Crippen LogP contribution < -0.4 is 4.72 Å². The largest absolute Gasteiger partial charge is 0.478 e. The summed E-state index contributed by atoms with van der Waals surface area (Å²) in [5, 5.41) is 14.3. The van der Waals surface area contributed by atoms with Crippen LogP contribution in [0, 0.1) is 0 Å². The molecule has 0 saturated carbocycles. The van der Waals surface area contributed by atoms with Crippen LogP contribution in [0.15, 0.2) is 11.2 Å². The van der Waals surface area contributed by atoms with Crippen molar-refractivity contribution in [1.29, 1.82) is 0 Å². The summed E-state index contributed by atoms with van der Waals surface area (Å²) in [6.45, 7) is 4.01. The topological polar surface area (TPSA) is 112 Å². The highest BCUT2D eigenvalue weighted by molar-refractivity contribution is 7.89. The fourth-order valence-corrected chi connectivity index (χ4v) is 3.37. The van der Waals surface area contributed by atoms with Gasteiger partial charge >= 0.3 is 5.97 Å². The van der Waals surface area contributed by atoms with Crippen molar-refractivity contribution in [1.82, 2.24) is 14.9 Å². The SMILES string of the molecule is CCCCC(CCC)NS(=O)(=O)c1[nH]ncc1C(=O)O. The quantitative estimate of drug-likeness (QED) is 0.643. The standard InChI is InChI=1S/C12H21N3O4S/c1-3-5-7-9(6-4-2)15-20(18,19)11-10(12(16)17)8-13-14-11/h8-9,15H,3-7H2,1-2H3,(H,13,14)(H,16,17). The summed E-state index contributed by atoms with van der Waals surface area (Å²) in [6, 6.07) is -0.185. The Balaban J connectivity index is 2.91. The molecule has 0 aliphatic carbocycles. The highest BCUT2D eigenvalue weighted by atomic mass is 32.2. The summed E-state index contributed by atoms with van der Waals surface area (Å²) in [6.07, 6.45) is 5.20. The van der Waals surface area contributed by atoms with Crippen LogP contribution in [0.4, 0.5) is 0 Å². The van der Waals surface area contributed by atoms with Gasteiger partial charge in [0.1, 0.15) is 5.56 Å². The molecule has 0 bridgehead atoms. The van der Waals surface area contributed by atoms with Crippen LogP contribution >= 0.6 is 0 Å². The summed E-state index contributed by atoms with van der Waals surface area (Å²) >= 11 is 0. The first kappa shape index (κ1) is 16.6. The van der Waals surface area contributed by atoms with Crippen molar-refractivity contribution in [3.05, 3.63) is 11.8 Å². The van der Waals surface area contributed by atoms with Gasteiger partial charge in [0.15, 0.2) is 5.03 Å². The number of nitrogens with zero attached hydrogens (tertiary/aromatic N) is 1. The Morgan fingerprint density at radius 3 is 2.65 bits per heavy atom. The number of carboxylic acid groups (broad SMARTS) is 1. The molecule has 1 heterocycles. The number of unbranched alkanes of at least 4 members (excludes halogenated alkanes) is 1. The third-order valence-corrected chi connectivity index (χ3v) is 4.46. The van der Waals surface area contributed by atoms with Gasteiger partial charge in [-0.1, -0.05) is 33.1 Å². The van der Waals surface area contributed by atoms with Crippen LogP contribution in [0.25, 0.3) is 0 Å². The van der Waals surface area contributed by atoms with Gasteiger partial charge in [-0.2, -0.15) is 5.10 Å². The lowest BCUT2D eigenvalue weighted by Gasteiger charge is -2.17. The van der Waals surface area contributed by atoms with Gasteiger partial charge < -0.3 is 5.11 Å². The van der Waals surface area contributed by atoms with E-state index >= 15 is 0 Å². The number of aromatic nitrogens is 2. The Morgan fingerprint density at radius 1 is 1.40 bits per heavy atom. The van der Waals surface area contributed by atoms with Crippen LogP contribution in [-0.2, 0) is 10.0 Å².